The first kappa shape index (κ1) is 14.3. The van der Waals surface area contributed by atoms with E-state index in [-0.39, 0.29) is 18.8 Å². The minimum atomic E-state index is -3.16. The molecule has 1 saturated heterocycles. The van der Waals surface area contributed by atoms with E-state index < -0.39 is 9.84 Å². The van der Waals surface area contributed by atoms with Gasteiger partial charge in [0.25, 0.3) is 0 Å². The summed E-state index contributed by atoms with van der Waals surface area (Å²) >= 11 is 0. The van der Waals surface area contributed by atoms with E-state index in [1.54, 1.807) is 24.3 Å². The number of rotatable bonds is 3. The van der Waals surface area contributed by atoms with E-state index in [9.17, 15) is 8.42 Å². The molecule has 19 heavy (non-hydrogen) atoms. The Labute approximate surface area is 113 Å². The van der Waals surface area contributed by atoms with Gasteiger partial charge in [0.15, 0.2) is 9.84 Å². The molecule has 0 amide bonds. The van der Waals surface area contributed by atoms with Crippen LogP contribution in [0.4, 0.5) is 5.69 Å². The Bertz CT molecular complexity index is 526. The minimum absolute atomic E-state index is 0.00928. The standard InChI is InChI=1S/C13H19NO4S/c1-10-9-18-12(8-15)7-14(10)11-3-5-13(6-4-11)19(2,16)17/h3-6,10,12,15H,7-9H2,1-2H3. The normalized spacial score (nSPS) is 24.5. The smallest absolute Gasteiger partial charge is 0.175 e. The molecule has 0 saturated carbocycles. The third-order valence-corrected chi connectivity index (χ3v) is 4.43. The molecule has 0 radical (unpaired) electrons. The van der Waals surface area contributed by atoms with Gasteiger partial charge in [-0.15, -0.1) is 0 Å². The molecule has 1 N–H and O–H groups in total. The summed E-state index contributed by atoms with van der Waals surface area (Å²) < 4.78 is 28.3. The van der Waals surface area contributed by atoms with E-state index in [1.165, 1.54) is 6.26 Å². The Hall–Kier alpha value is -1.11. The van der Waals surface area contributed by atoms with E-state index in [0.717, 1.165) is 5.69 Å². The fourth-order valence-corrected chi connectivity index (χ4v) is 2.80. The molecular formula is C13H19NO4S. The van der Waals surface area contributed by atoms with Gasteiger partial charge < -0.3 is 14.7 Å². The number of anilines is 1. The van der Waals surface area contributed by atoms with Gasteiger partial charge in [-0.2, -0.15) is 0 Å². The van der Waals surface area contributed by atoms with Crippen molar-refractivity contribution in [3.63, 3.8) is 0 Å². The molecule has 0 aromatic heterocycles. The van der Waals surface area contributed by atoms with E-state index >= 15 is 0 Å². The third kappa shape index (κ3) is 3.26. The Kier molecular flexibility index (Phi) is 4.13. The highest BCUT2D eigenvalue weighted by Crippen LogP contribution is 2.23. The van der Waals surface area contributed by atoms with Crippen LogP contribution in [0.25, 0.3) is 0 Å². The lowest BCUT2D eigenvalue weighted by Gasteiger charge is -2.39. The van der Waals surface area contributed by atoms with Crippen molar-refractivity contribution < 1.29 is 18.3 Å². The fraction of sp³-hybridized carbons (Fsp3) is 0.538. The van der Waals surface area contributed by atoms with Crippen molar-refractivity contribution >= 4 is 15.5 Å². The molecule has 1 aliphatic rings. The first-order valence-electron chi connectivity index (χ1n) is 6.21. The maximum Gasteiger partial charge on any atom is 0.175 e. The van der Waals surface area contributed by atoms with Crippen LogP contribution >= 0.6 is 0 Å². The zero-order chi connectivity index (χ0) is 14.0. The molecule has 5 nitrogen and oxygen atoms in total. The molecule has 1 fully saturated rings. The maximum absolute atomic E-state index is 11.4. The molecular weight excluding hydrogens is 266 g/mol. The zero-order valence-electron chi connectivity index (χ0n) is 11.1. The Balaban J connectivity index is 2.21. The van der Waals surface area contributed by atoms with Gasteiger partial charge in [0.2, 0.25) is 0 Å². The van der Waals surface area contributed by atoms with E-state index in [4.69, 9.17) is 9.84 Å². The van der Waals surface area contributed by atoms with Gasteiger partial charge in [-0.25, -0.2) is 8.42 Å². The first-order chi connectivity index (χ1) is 8.91. The molecule has 1 aromatic carbocycles. The summed E-state index contributed by atoms with van der Waals surface area (Å²) in [4.78, 5) is 2.44. The molecule has 2 unspecified atom stereocenters. The quantitative estimate of drug-likeness (QED) is 0.884. The van der Waals surface area contributed by atoms with Crippen LogP contribution in [-0.2, 0) is 14.6 Å². The Morgan fingerprint density at radius 2 is 2.00 bits per heavy atom. The topological polar surface area (TPSA) is 66.8 Å². The number of nitrogens with zero attached hydrogens (tertiary/aromatic N) is 1. The Morgan fingerprint density at radius 1 is 1.37 bits per heavy atom. The lowest BCUT2D eigenvalue weighted by molar-refractivity contribution is -0.0103. The highest BCUT2D eigenvalue weighted by Gasteiger charge is 2.25. The van der Waals surface area contributed by atoms with Gasteiger partial charge in [-0.05, 0) is 31.2 Å². The van der Waals surface area contributed by atoms with Gasteiger partial charge in [0, 0.05) is 24.5 Å². The second kappa shape index (κ2) is 5.48. The van der Waals surface area contributed by atoms with Crippen LogP contribution in [-0.4, -0.2) is 51.7 Å². The lowest BCUT2D eigenvalue weighted by Crippen LogP contribution is -2.49. The molecule has 1 heterocycles. The average molecular weight is 285 g/mol. The van der Waals surface area contributed by atoms with Gasteiger partial charge in [-0.1, -0.05) is 0 Å². The van der Waals surface area contributed by atoms with Crippen molar-refractivity contribution in [3.05, 3.63) is 24.3 Å². The fourth-order valence-electron chi connectivity index (χ4n) is 2.17. The molecule has 2 rings (SSSR count). The van der Waals surface area contributed by atoms with Crippen LogP contribution in [0.1, 0.15) is 6.92 Å². The number of benzene rings is 1. The summed E-state index contributed by atoms with van der Waals surface area (Å²) in [6.07, 6.45) is 1.01. The summed E-state index contributed by atoms with van der Waals surface area (Å²) in [5.41, 5.74) is 0.946. The van der Waals surface area contributed by atoms with Gasteiger partial charge >= 0.3 is 0 Å². The van der Waals surface area contributed by atoms with E-state index in [0.29, 0.717) is 18.0 Å². The number of hydrogen-bond donors (Lipinski definition) is 1. The van der Waals surface area contributed by atoms with Crippen LogP contribution < -0.4 is 4.90 Å². The van der Waals surface area contributed by atoms with Gasteiger partial charge in [-0.3, -0.25) is 0 Å². The molecule has 2 atom stereocenters. The monoisotopic (exact) mass is 285 g/mol. The molecule has 0 bridgehead atoms. The van der Waals surface area contributed by atoms with Crippen LogP contribution in [0.2, 0.25) is 0 Å². The third-order valence-electron chi connectivity index (χ3n) is 3.31. The lowest BCUT2D eigenvalue weighted by atomic mass is 10.1. The second-order valence-corrected chi connectivity index (χ2v) is 6.92. The molecule has 1 aromatic rings. The summed E-state index contributed by atoms with van der Waals surface area (Å²) in [5, 5.41) is 9.16. The zero-order valence-corrected chi connectivity index (χ0v) is 11.9. The average Bonchev–Trinajstić information content (AvgIpc) is 2.38. The SMILES string of the molecule is CC1COC(CO)CN1c1ccc(S(C)(=O)=O)cc1. The van der Waals surface area contributed by atoms with E-state index in [1.807, 2.05) is 6.92 Å². The predicted octanol–water partition coefficient (Wildman–Crippen LogP) is 0.676. The second-order valence-electron chi connectivity index (χ2n) is 4.91. The largest absolute Gasteiger partial charge is 0.394 e. The van der Waals surface area contributed by atoms with Crippen molar-refractivity contribution in [2.24, 2.45) is 0 Å². The number of morpholine rings is 1. The van der Waals surface area contributed by atoms with Crippen molar-refractivity contribution in [2.75, 3.05) is 30.9 Å². The minimum Gasteiger partial charge on any atom is -0.394 e. The van der Waals surface area contributed by atoms with Crippen molar-refractivity contribution in [1.29, 1.82) is 0 Å². The number of aliphatic hydroxyl groups excluding tert-OH is 1. The molecule has 1 aliphatic heterocycles. The van der Waals surface area contributed by atoms with Gasteiger partial charge in [0.05, 0.1) is 24.2 Å². The molecule has 6 heteroatoms. The predicted molar refractivity (Wildman–Crippen MR) is 73.2 cm³/mol. The Morgan fingerprint density at radius 3 is 2.53 bits per heavy atom. The van der Waals surface area contributed by atoms with E-state index in [2.05, 4.69) is 4.90 Å². The van der Waals surface area contributed by atoms with Crippen LogP contribution in [0.3, 0.4) is 0 Å². The summed E-state index contributed by atoms with van der Waals surface area (Å²) in [7, 11) is -3.16. The number of hydrogen-bond acceptors (Lipinski definition) is 5. The number of ether oxygens (including phenoxy) is 1. The van der Waals surface area contributed by atoms with Crippen LogP contribution in [0.15, 0.2) is 29.2 Å². The number of sulfone groups is 1. The maximum atomic E-state index is 11.4. The van der Waals surface area contributed by atoms with Crippen molar-refractivity contribution in [3.8, 4) is 0 Å². The van der Waals surface area contributed by atoms with Crippen LogP contribution in [0.5, 0.6) is 0 Å². The summed E-state index contributed by atoms with van der Waals surface area (Å²) in [6, 6.07) is 7.02. The highest BCUT2D eigenvalue weighted by atomic mass is 32.2. The van der Waals surface area contributed by atoms with Crippen LogP contribution in [0, 0.1) is 0 Å². The molecule has 0 aliphatic carbocycles. The first-order valence-corrected chi connectivity index (χ1v) is 8.10. The summed E-state index contributed by atoms with van der Waals surface area (Å²) in [5.74, 6) is 0. The van der Waals surface area contributed by atoms with Crippen molar-refractivity contribution in [2.45, 2.75) is 24.0 Å². The summed E-state index contributed by atoms with van der Waals surface area (Å²) in [6.45, 7) is 3.19. The van der Waals surface area contributed by atoms with Gasteiger partial charge in [0.1, 0.15) is 0 Å². The molecule has 106 valence electrons. The number of aliphatic hydroxyl groups is 1. The molecule has 0 spiro atoms. The highest BCUT2D eigenvalue weighted by molar-refractivity contribution is 7.90. The van der Waals surface area contributed by atoms with Crippen molar-refractivity contribution in [1.82, 2.24) is 0 Å².